The Morgan fingerprint density at radius 2 is 2.00 bits per heavy atom. The fraction of sp³-hybridized carbons (Fsp3) is 0.667. The van der Waals surface area contributed by atoms with E-state index < -0.39 is 0 Å². The van der Waals surface area contributed by atoms with Crippen molar-refractivity contribution in [2.45, 2.75) is 51.2 Å². The van der Waals surface area contributed by atoms with Gasteiger partial charge in [-0.2, -0.15) is 0 Å². The molecule has 116 valence electrons. The van der Waals surface area contributed by atoms with Gasteiger partial charge in [-0.25, -0.2) is 0 Å². The highest BCUT2D eigenvalue weighted by atomic mass is 16.5. The SMILES string of the molecule is CC1COc2ccccc2C1NCCOC1CCCCC1. The van der Waals surface area contributed by atoms with Crippen LogP contribution in [0.2, 0.25) is 0 Å². The second kappa shape index (κ2) is 7.28. The third kappa shape index (κ3) is 3.78. The Kier molecular flexibility index (Phi) is 5.15. The molecular formula is C18H27NO2. The van der Waals surface area contributed by atoms with Gasteiger partial charge in [-0.05, 0) is 18.9 Å². The quantitative estimate of drug-likeness (QED) is 0.839. The predicted octanol–water partition coefficient (Wildman–Crippen LogP) is 3.70. The van der Waals surface area contributed by atoms with Crippen LogP contribution in [0.1, 0.15) is 50.6 Å². The molecule has 1 aliphatic carbocycles. The van der Waals surface area contributed by atoms with Crippen LogP contribution in [0.3, 0.4) is 0 Å². The zero-order valence-electron chi connectivity index (χ0n) is 13.0. The molecule has 2 unspecified atom stereocenters. The fourth-order valence-corrected chi connectivity index (χ4v) is 3.48. The van der Waals surface area contributed by atoms with Gasteiger partial charge in [-0.15, -0.1) is 0 Å². The zero-order chi connectivity index (χ0) is 14.5. The van der Waals surface area contributed by atoms with Crippen LogP contribution in [0.25, 0.3) is 0 Å². The Balaban J connectivity index is 1.48. The lowest BCUT2D eigenvalue weighted by Gasteiger charge is -2.32. The summed E-state index contributed by atoms with van der Waals surface area (Å²) in [6.45, 7) is 4.77. The van der Waals surface area contributed by atoms with Gasteiger partial charge in [0.05, 0.1) is 19.3 Å². The molecule has 1 saturated carbocycles. The highest BCUT2D eigenvalue weighted by molar-refractivity contribution is 5.37. The van der Waals surface area contributed by atoms with Crippen LogP contribution >= 0.6 is 0 Å². The summed E-state index contributed by atoms with van der Waals surface area (Å²) in [5, 5.41) is 3.66. The average molecular weight is 289 g/mol. The number of rotatable bonds is 5. The summed E-state index contributed by atoms with van der Waals surface area (Å²) in [6.07, 6.45) is 7.05. The van der Waals surface area contributed by atoms with E-state index >= 15 is 0 Å². The molecule has 0 aromatic heterocycles. The van der Waals surface area contributed by atoms with Crippen LogP contribution < -0.4 is 10.1 Å². The first-order valence-corrected chi connectivity index (χ1v) is 8.41. The van der Waals surface area contributed by atoms with Crippen LogP contribution in [-0.4, -0.2) is 25.9 Å². The van der Waals surface area contributed by atoms with Crippen LogP contribution in [0.4, 0.5) is 0 Å². The summed E-state index contributed by atoms with van der Waals surface area (Å²) in [5.74, 6) is 1.52. The molecule has 1 aromatic carbocycles. The maximum atomic E-state index is 6.00. The van der Waals surface area contributed by atoms with Gasteiger partial charge >= 0.3 is 0 Å². The van der Waals surface area contributed by atoms with Gasteiger partial charge in [-0.1, -0.05) is 44.4 Å². The minimum absolute atomic E-state index is 0.380. The molecule has 2 aliphatic rings. The molecule has 0 amide bonds. The Bertz CT molecular complexity index is 443. The van der Waals surface area contributed by atoms with E-state index in [2.05, 4.69) is 30.4 Å². The molecule has 3 heteroatoms. The minimum atomic E-state index is 0.380. The van der Waals surface area contributed by atoms with Crippen molar-refractivity contribution >= 4 is 0 Å². The van der Waals surface area contributed by atoms with Crippen molar-refractivity contribution in [3.8, 4) is 5.75 Å². The van der Waals surface area contributed by atoms with Gasteiger partial charge in [0.2, 0.25) is 0 Å². The minimum Gasteiger partial charge on any atom is -0.493 e. The molecular weight excluding hydrogens is 262 g/mol. The summed E-state index contributed by atoms with van der Waals surface area (Å²) in [5.41, 5.74) is 1.29. The monoisotopic (exact) mass is 289 g/mol. The summed E-state index contributed by atoms with van der Waals surface area (Å²) >= 11 is 0. The summed E-state index contributed by atoms with van der Waals surface area (Å²) < 4.78 is 11.8. The average Bonchev–Trinajstić information content (AvgIpc) is 2.54. The van der Waals surface area contributed by atoms with Gasteiger partial charge < -0.3 is 14.8 Å². The molecule has 21 heavy (non-hydrogen) atoms. The molecule has 0 spiro atoms. The summed E-state index contributed by atoms with van der Waals surface area (Å²) in [4.78, 5) is 0. The van der Waals surface area contributed by atoms with Crippen molar-refractivity contribution in [3.63, 3.8) is 0 Å². The lowest BCUT2D eigenvalue weighted by molar-refractivity contribution is 0.0278. The number of benzene rings is 1. The normalized spacial score (nSPS) is 26.1. The zero-order valence-corrected chi connectivity index (χ0v) is 13.0. The topological polar surface area (TPSA) is 30.5 Å². The third-order valence-electron chi connectivity index (χ3n) is 4.70. The Labute approximate surface area is 128 Å². The van der Waals surface area contributed by atoms with Gasteiger partial charge in [0.25, 0.3) is 0 Å². The number of hydrogen-bond acceptors (Lipinski definition) is 3. The van der Waals surface area contributed by atoms with E-state index in [9.17, 15) is 0 Å². The summed E-state index contributed by atoms with van der Waals surface area (Å²) in [7, 11) is 0. The number of fused-ring (bicyclic) bond motifs is 1. The van der Waals surface area contributed by atoms with Crippen molar-refractivity contribution in [1.82, 2.24) is 5.32 Å². The number of ether oxygens (including phenoxy) is 2. The van der Waals surface area contributed by atoms with Crippen LogP contribution in [-0.2, 0) is 4.74 Å². The van der Waals surface area contributed by atoms with E-state index in [0.717, 1.165) is 25.5 Å². The highest BCUT2D eigenvalue weighted by Gasteiger charge is 2.27. The predicted molar refractivity (Wildman–Crippen MR) is 84.7 cm³/mol. The second-order valence-electron chi connectivity index (χ2n) is 6.39. The maximum Gasteiger partial charge on any atom is 0.124 e. The molecule has 1 N–H and O–H groups in total. The molecule has 0 radical (unpaired) electrons. The van der Waals surface area contributed by atoms with Gasteiger partial charge in [0, 0.05) is 24.1 Å². The van der Waals surface area contributed by atoms with Crippen LogP contribution in [0.5, 0.6) is 5.75 Å². The van der Waals surface area contributed by atoms with Gasteiger partial charge in [0.15, 0.2) is 0 Å². The molecule has 0 saturated heterocycles. The second-order valence-corrected chi connectivity index (χ2v) is 6.39. The maximum absolute atomic E-state index is 6.00. The molecule has 3 nitrogen and oxygen atoms in total. The number of hydrogen-bond donors (Lipinski definition) is 1. The van der Waals surface area contributed by atoms with E-state index in [0.29, 0.717) is 18.1 Å². The van der Waals surface area contributed by atoms with Crippen LogP contribution in [0.15, 0.2) is 24.3 Å². The molecule has 2 atom stereocenters. The Morgan fingerprint density at radius 1 is 1.19 bits per heavy atom. The molecule has 3 rings (SSSR count). The number of para-hydroxylation sites is 1. The molecule has 0 bridgehead atoms. The Morgan fingerprint density at radius 3 is 2.86 bits per heavy atom. The molecule has 1 fully saturated rings. The van der Waals surface area contributed by atoms with E-state index in [-0.39, 0.29) is 0 Å². The smallest absolute Gasteiger partial charge is 0.124 e. The van der Waals surface area contributed by atoms with Crippen LogP contribution in [0, 0.1) is 5.92 Å². The highest BCUT2D eigenvalue weighted by Crippen LogP contribution is 2.34. The standard InChI is InChI=1S/C18H27NO2/c1-14-13-21-17-10-6-5-9-16(17)18(14)19-11-12-20-15-7-3-2-4-8-15/h5-6,9-10,14-15,18-19H,2-4,7-8,11-13H2,1H3. The third-order valence-corrected chi connectivity index (χ3v) is 4.70. The Hall–Kier alpha value is -1.06. The summed E-state index contributed by atoms with van der Waals surface area (Å²) in [6, 6.07) is 8.75. The lowest BCUT2D eigenvalue weighted by atomic mass is 9.92. The fourth-order valence-electron chi connectivity index (χ4n) is 3.48. The molecule has 1 aromatic rings. The molecule has 1 aliphatic heterocycles. The van der Waals surface area contributed by atoms with E-state index in [4.69, 9.17) is 9.47 Å². The van der Waals surface area contributed by atoms with E-state index in [1.165, 1.54) is 37.7 Å². The largest absolute Gasteiger partial charge is 0.493 e. The van der Waals surface area contributed by atoms with E-state index in [1.807, 2.05) is 6.07 Å². The lowest BCUT2D eigenvalue weighted by Crippen LogP contribution is -2.36. The van der Waals surface area contributed by atoms with Gasteiger partial charge in [0.1, 0.15) is 5.75 Å². The van der Waals surface area contributed by atoms with E-state index in [1.54, 1.807) is 0 Å². The first-order valence-electron chi connectivity index (χ1n) is 8.41. The molecule has 1 heterocycles. The number of nitrogens with one attached hydrogen (secondary N) is 1. The van der Waals surface area contributed by atoms with Crippen molar-refractivity contribution in [2.24, 2.45) is 5.92 Å². The van der Waals surface area contributed by atoms with Crippen molar-refractivity contribution in [2.75, 3.05) is 19.8 Å². The first-order chi connectivity index (χ1) is 10.3. The van der Waals surface area contributed by atoms with Crippen molar-refractivity contribution in [3.05, 3.63) is 29.8 Å². The first kappa shape index (κ1) is 14.9. The van der Waals surface area contributed by atoms with Crippen molar-refractivity contribution < 1.29 is 9.47 Å². The van der Waals surface area contributed by atoms with Gasteiger partial charge in [-0.3, -0.25) is 0 Å². The van der Waals surface area contributed by atoms with Crippen molar-refractivity contribution in [1.29, 1.82) is 0 Å².